The normalized spacial score (nSPS) is 14.9. The minimum absolute atomic E-state index is 0.0233. The van der Waals surface area contributed by atoms with Crippen molar-refractivity contribution in [1.29, 1.82) is 0 Å². The molecule has 4 aromatic rings. The van der Waals surface area contributed by atoms with E-state index in [9.17, 15) is 4.79 Å². The van der Waals surface area contributed by atoms with Crippen LogP contribution in [0, 0.1) is 0 Å². The molecule has 2 aromatic carbocycles. The quantitative estimate of drug-likeness (QED) is 0.518. The number of nitrogens with zero attached hydrogens (tertiary/aromatic N) is 3. The zero-order valence-electron chi connectivity index (χ0n) is 16.7. The molecule has 0 saturated carbocycles. The highest BCUT2D eigenvalue weighted by molar-refractivity contribution is 6.19. The molecule has 2 aliphatic rings. The highest BCUT2D eigenvalue weighted by atomic mass is 16.1. The van der Waals surface area contributed by atoms with Gasteiger partial charge in [0.15, 0.2) is 0 Å². The standard InChI is InChI=1S/C23H23N5O/c1-3-8-28-18-7-4-12(24)9-14(18)20-15-10-25-23(29)21(15)19-13(22(20)28)5-6-17-16(19)11-27(2)26-17/h4,7,9,11H,3,5-6,8,10,24H2,1-2H3,(H,25,29). The second-order valence-electron chi connectivity index (χ2n) is 8.20. The molecule has 3 heterocycles. The summed E-state index contributed by atoms with van der Waals surface area (Å²) < 4.78 is 4.30. The highest BCUT2D eigenvalue weighted by Gasteiger charge is 2.35. The number of hydrogen-bond acceptors (Lipinski definition) is 3. The number of benzene rings is 2. The van der Waals surface area contributed by atoms with Crippen molar-refractivity contribution >= 4 is 33.4 Å². The number of carbonyl (C=O) groups excluding carboxylic acids is 1. The Kier molecular flexibility index (Phi) is 3.23. The molecule has 0 radical (unpaired) electrons. The number of nitrogens with one attached hydrogen (secondary N) is 1. The van der Waals surface area contributed by atoms with E-state index < -0.39 is 0 Å². The summed E-state index contributed by atoms with van der Waals surface area (Å²) in [5.74, 6) is 0.0233. The van der Waals surface area contributed by atoms with Crippen LogP contribution >= 0.6 is 0 Å². The number of rotatable bonds is 2. The van der Waals surface area contributed by atoms with Gasteiger partial charge in [-0.2, -0.15) is 5.10 Å². The molecule has 0 spiro atoms. The molecular formula is C23H23N5O. The molecule has 1 aliphatic carbocycles. The summed E-state index contributed by atoms with van der Waals surface area (Å²) >= 11 is 0. The molecule has 0 saturated heterocycles. The van der Waals surface area contributed by atoms with Crippen molar-refractivity contribution in [2.75, 3.05) is 5.73 Å². The van der Waals surface area contributed by atoms with E-state index in [2.05, 4.69) is 40.2 Å². The molecule has 0 atom stereocenters. The number of nitrogen functional groups attached to an aromatic ring is 1. The van der Waals surface area contributed by atoms with Crippen molar-refractivity contribution < 1.29 is 4.79 Å². The van der Waals surface area contributed by atoms with E-state index in [4.69, 9.17) is 5.73 Å². The summed E-state index contributed by atoms with van der Waals surface area (Å²) in [5, 5.41) is 10.1. The predicted octanol–water partition coefficient (Wildman–Crippen LogP) is 3.53. The van der Waals surface area contributed by atoms with Crippen molar-refractivity contribution in [3.8, 4) is 11.1 Å². The van der Waals surface area contributed by atoms with Crippen molar-refractivity contribution in [3.63, 3.8) is 0 Å². The van der Waals surface area contributed by atoms with Crippen LogP contribution in [0.5, 0.6) is 0 Å². The van der Waals surface area contributed by atoms with Crippen LogP contribution in [0.2, 0.25) is 0 Å². The van der Waals surface area contributed by atoms with Crippen LogP contribution in [-0.4, -0.2) is 20.3 Å². The Bertz CT molecular complexity index is 1360. The van der Waals surface area contributed by atoms with Gasteiger partial charge in [-0.25, -0.2) is 0 Å². The van der Waals surface area contributed by atoms with Gasteiger partial charge in [-0.15, -0.1) is 0 Å². The van der Waals surface area contributed by atoms with E-state index in [1.807, 2.05) is 17.8 Å². The minimum Gasteiger partial charge on any atom is -0.399 e. The number of fused-ring (bicyclic) bond motifs is 10. The first-order valence-electron chi connectivity index (χ1n) is 10.3. The molecule has 2 aromatic heterocycles. The minimum atomic E-state index is 0.0233. The van der Waals surface area contributed by atoms with Gasteiger partial charge in [0.25, 0.3) is 5.91 Å². The Hall–Kier alpha value is -3.28. The SMILES string of the molecule is CCCn1c2ccc(N)cc2c2c3c(c4c(c21)CCc1nn(C)cc1-4)C(=O)NC3. The smallest absolute Gasteiger partial charge is 0.252 e. The molecular weight excluding hydrogens is 362 g/mol. The third-order valence-electron chi connectivity index (χ3n) is 6.42. The lowest BCUT2D eigenvalue weighted by molar-refractivity contribution is 0.0966. The lowest BCUT2D eigenvalue weighted by atomic mass is 9.82. The van der Waals surface area contributed by atoms with Crippen LogP contribution < -0.4 is 11.1 Å². The lowest BCUT2D eigenvalue weighted by Crippen LogP contribution is -2.15. The predicted molar refractivity (Wildman–Crippen MR) is 115 cm³/mol. The third kappa shape index (κ3) is 2.06. The van der Waals surface area contributed by atoms with Crippen molar-refractivity contribution in [2.45, 2.75) is 39.3 Å². The van der Waals surface area contributed by atoms with E-state index in [0.717, 1.165) is 64.8 Å². The maximum absolute atomic E-state index is 13.0. The largest absolute Gasteiger partial charge is 0.399 e. The first-order chi connectivity index (χ1) is 14.1. The fourth-order valence-corrected chi connectivity index (χ4v) is 5.39. The average molecular weight is 385 g/mol. The molecule has 1 aliphatic heterocycles. The average Bonchev–Trinajstić information content (AvgIpc) is 3.35. The molecule has 0 fully saturated rings. The van der Waals surface area contributed by atoms with Crippen LogP contribution in [0.1, 0.15) is 40.5 Å². The van der Waals surface area contributed by atoms with Crippen LogP contribution in [0.15, 0.2) is 24.4 Å². The Labute approximate surface area is 168 Å². The number of anilines is 1. The van der Waals surface area contributed by atoms with E-state index in [-0.39, 0.29) is 5.91 Å². The van der Waals surface area contributed by atoms with Crippen LogP contribution in [0.3, 0.4) is 0 Å². The monoisotopic (exact) mass is 385 g/mol. The molecule has 0 unspecified atom stereocenters. The van der Waals surface area contributed by atoms with Gasteiger partial charge in [0.05, 0.1) is 16.8 Å². The second kappa shape index (κ2) is 5.63. The number of hydrogen-bond donors (Lipinski definition) is 2. The number of aromatic nitrogens is 3. The number of aryl methyl sites for hydroxylation is 4. The van der Waals surface area contributed by atoms with Crippen LogP contribution in [-0.2, 0) is 33.0 Å². The highest BCUT2D eigenvalue weighted by Crippen LogP contribution is 2.46. The van der Waals surface area contributed by atoms with Crippen molar-refractivity contribution in [1.82, 2.24) is 19.7 Å². The van der Waals surface area contributed by atoms with Gasteiger partial charge in [0.1, 0.15) is 0 Å². The summed E-state index contributed by atoms with van der Waals surface area (Å²) in [7, 11) is 1.95. The zero-order valence-corrected chi connectivity index (χ0v) is 16.7. The Morgan fingerprint density at radius 1 is 1.21 bits per heavy atom. The van der Waals surface area contributed by atoms with E-state index in [1.165, 1.54) is 22.0 Å². The molecule has 3 N–H and O–H groups in total. The molecule has 6 rings (SSSR count). The van der Waals surface area contributed by atoms with Crippen molar-refractivity contribution in [3.05, 3.63) is 46.8 Å². The number of amides is 1. The number of carbonyl (C=O) groups is 1. The molecule has 0 bridgehead atoms. The topological polar surface area (TPSA) is 77.9 Å². The summed E-state index contributed by atoms with van der Waals surface area (Å²) in [4.78, 5) is 13.0. The summed E-state index contributed by atoms with van der Waals surface area (Å²) in [6.07, 6.45) is 4.90. The number of nitrogens with two attached hydrogens (primary N) is 1. The Balaban J connectivity index is 1.87. The van der Waals surface area contributed by atoms with Gasteiger partial charge in [-0.1, -0.05) is 6.92 Å². The molecule has 29 heavy (non-hydrogen) atoms. The Morgan fingerprint density at radius 2 is 2.07 bits per heavy atom. The Morgan fingerprint density at radius 3 is 2.90 bits per heavy atom. The summed E-state index contributed by atoms with van der Waals surface area (Å²) in [6.45, 7) is 3.71. The van der Waals surface area contributed by atoms with Crippen LogP contribution in [0.25, 0.3) is 32.9 Å². The maximum Gasteiger partial charge on any atom is 0.252 e. The summed E-state index contributed by atoms with van der Waals surface area (Å²) in [5.41, 5.74) is 15.9. The first kappa shape index (κ1) is 16.7. The molecule has 146 valence electrons. The van der Waals surface area contributed by atoms with Gasteiger partial charge in [-0.3, -0.25) is 9.48 Å². The fraction of sp³-hybridized carbons (Fsp3) is 0.304. The van der Waals surface area contributed by atoms with Gasteiger partial charge < -0.3 is 15.6 Å². The van der Waals surface area contributed by atoms with E-state index in [0.29, 0.717) is 6.54 Å². The van der Waals surface area contributed by atoms with Crippen LogP contribution in [0.4, 0.5) is 5.69 Å². The van der Waals surface area contributed by atoms with Crippen molar-refractivity contribution in [2.24, 2.45) is 7.05 Å². The first-order valence-corrected chi connectivity index (χ1v) is 10.3. The van der Waals surface area contributed by atoms with Gasteiger partial charge in [0, 0.05) is 59.4 Å². The van der Waals surface area contributed by atoms with Gasteiger partial charge in [0.2, 0.25) is 0 Å². The molecule has 6 heteroatoms. The summed E-state index contributed by atoms with van der Waals surface area (Å²) in [6, 6.07) is 6.17. The molecule has 1 amide bonds. The second-order valence-corrected chi connectivity index (χ2v) is 8.20. The van der Waals surface area contributed by atoms with Gasteiger partial charge in [-0.05, 0) is 48.6 Å². The van der Waals surface area contributed by atoms with E-state index in [1.54, 1.807) is 0 Å². The maximum atomic E-state index is 13.0. The third-order valence-corrected chi connectivity index (χ3v) is 6.42. The van der Waals surface area contributed by atoms with Gasteiger partial charge >= 0.3 is 0 Å². The zero-order chi connectivity index (χ0) is 19.9. The molecule has 6 nitrogen and oxygen atoms in total. The fourth-order valence-electron chi connectivity index (χ4n) is 5.39. The lowest BCUT2D eigenvalue weighted by Gasteiger charge is -2.21. The van der Waals surface area contributed by atoms with E-state index >= 15 is 0 Å².